The molecule has 0 heterocycles. The number of fused-ring (bicyclic) bond motifs is 1. The number of para-hydroxylation sites is 1. The molecule has 3 rings (SSSR count). The third kappa shape index (κ3) is 4.94. The first-order chi connectivity index (χ1) is 13.0. The zero-order chi connectivity index (χ0) is 19.2. The average molecular weight is 361 g/mol. The standard InChI is InChI=1S/C23H23NO3/c1-16(2)20-9-5-6-10-21(20)24-22(25)15-27-23(26)14-17-11-12-18-7-3-4-8-19(18)13-17/h3-13,16H,14-15H2,1-2H3,(H,24,25). The van der Waals surface area contributed by atoms with Crippen molar-refractivity contribution in [1.29, 1.82) is 0 Å². The van der Waals surface area contributed by atoms with E-state index in [4.69, 9.17) is 4.74 Å². The molecule has 27 heavy (non-hydrogen) atoms. The van der Waals surface area contributed by atoms with Gasteiger partial charge in [0.1, 0.15) is 0 Å². The fourth-order valence-corrected chi connectivity index (χ4v) is 3.01. The van der Waals surface area contributed by atoms with Gasteiger partial charge in [-0.05, 0) is 33.9 Å². The number of carbonyl (C=O) groups excluding carboxylic acids is 2. The van der Waals surface area contributed by atoms with Gasteiger partial charge >= 0.3 is 5.97 Å². The number of esters is 1. The largest absolute Gasteiger partial charge is 0.455 e. The molecule has 0 aliphatic carbocycles. The molecule has 138 valence electrons. The van der Waals surface area contributed by atoms with Crippen LogP contribution in [0, 0.1) is 0 Å². The Balaban J connectivity index is 1.54. The zero-order valence-electron chi connectivity index (χ0n) is 15.6. The minimum absolute atomic E-state index is 0.140. The molecule has 4 nitrogen and oxygen atoms in total. The van der Waals surface area contributed by atoms with Gasteiger partial charge in [-0.25, -0.2) is 0 Å². The van der Waals surface area contributed by atoms with E-state index >= 15 is 0 Å². The Kier molecular flexibility index (Phi) is 5.87. The van der Waals surface area contributed by atoms with E-state index in [-0.39, 0.29) is 24.9 Å². The molecule has 0 saturated heterocycles. The average Bonchev–Trinajstić information content (AvgIpc) is 2.66. The van der Waals surface area contributed by atoms with Gasteiger partial charge in [-0.15, -0.1) is 0 Å². The van der Waals surface area contributed by atoms with Crippen LogP contribution in [-0.2, 0) is 20.7 Å². The number of hydrogen-bond donors (Lipinski definition) is 1. The highest BCUT2D eigenvalue weighted by Crippen LogP contribution is 2.23. The fraction of sp³-hybridized carbons (Fsp3) is 0.217. The Bertz CT molecular complexity index is 963. The highest BCUT2D eigenvalue weighted by Gasteiger charge is 2.12. The van der Waals surface area contributed by atoms with E-state index in [1.165, 1.54) is 0 Å². The van der Waals surface area contributed by atoms with Crippen molar-refractivity contribution in [3.63, 3.8) is 0 Å². The summed E-state index contributed by atoms with van der Waals surface area (Å²) in [4.78, 5) is 24.2. The van der Waals surface area contributed by atoms with E-state index in [1.54, 1.807) is 0 Å². The highest BCUT2D eigenvalue weighted by atomic mass is 16.5. The van der Waals surface area contributed by atoms with Gasteiger partial charge in [-0.1, -0.05) is 74.5 Å². The van der Waals surface area contributed by atoms with E-state index in [0.717, 1.165) is 27.6 Å². The molecule has 0 unspecified atom stereocenters. The lowest BCUT2D eigenvalue weighted by Gasteiger charge is -2.13. The van der Waals surface area contributed by atoms with Gasteiger partial charge in [-0.3, -0.25) is 9.59 Å². The summed E-state index contributed by atoms with van der Waals surface area (Å²) in [6.45, 7) is 3.84. The predicted octanol–water partition coefficient (Wildman–Crippen LogP) is 4.69. The van der Waals surface area contributed by atoms with Crippen molar-refractivity contribution in [1.82, 2.24) is 0 Å². The second kappa shape index (κ2) is 8.49. The summed E-state index contributed by atoms with van der Waals surface area (Å²) in [6, 6.07) is 21.5. The number of hydrogen-bond acceptors (Lipinski definition) is 3. The molecule has 4 heteroatoms. The summed E-state index contributed by atoms with van der Waals surface area (Å²) in [6.07, 6.45) is 0.140. The van der Waals surface area contributed by atoms with Crippen LogP contribution < -0.4 is 5.32 Å². The number of nitrogens with one attached hydrogen (secondary N) is 1. The number of anilines is 1. The Hall–Kier alpha value is -3.14. The molecule has 0 aliphatic rings. The lowest BCUT2D eigenvalue weighted by molar-refractivity contribution is -0.146. The van der Waals surface area contributed by atoms with Gasteiger partial charge in [-0.2, -0.15) is 0 Å². The molecule has 0 aliphatic heterocycles. The molecule has 3 aromatic rings. The van der Waals surface area contributed by atoms with Crippen LogP contribution in [0.1, 0.15) is 30.9 Å². The maximum Gasteiger partial charge on any atom is 0.310 e. The molecule has 3 aromatic carbocycles. The summed E-state index contributed by atoms with van der Waals surface area (Å²) in [5, 5.41) is 5.02. The summed E-state index contributed by atoms with van der Waals surface area (Å²) >= 11 is 0. The van der Waals surface area contributed by atoms with Crippen molar-refractivity contribution < 1.29 is 14.3 Å². The van der Waals surface area contributed by atoms with Crippen molar-refractivity contribution >= 4 is 28.3 Å². The quantitative estimate of drug-likeness (QED) is 0.648. The minimum atomic E-state index is -0.419. The summed E-state index contributed by atoms with van der Waals surface area (Å²) in [5.41, 5.74) is 2.67. The monoisotopic (exact) mass is 361 g/mol. The topological polar surface area (TPSA) is 55.4 Å². The van der Waals surface area contributed by atoms with Crippen LogP contribution in [0.15, 0.2) is 66.7 Å². The van der Waals surface area contributed by atoms with Gasteiger partial charge < -0.3 is 10.1 Å². The lowest BCUT2D eigenvalue weighted by Crippen LogP contribution is -2.22. The number of benzene rings is 3. The second-order valence-electron chi connectivity index (χ2n) is 6.81. The molecular formula is C23H23NO3. The first-order valence-corrected chi connectivity index (χ1v) is 9.05. The van der Waals surface area contributed by atoms with Crippen LogP contribution in [-0.4, -0.2) is 18.5 Å². The predicted molar refractivity (Wildman–Crippen MR) is 108 cm³/mol. The van der Waals surface area contributed by atoms with Crippen LogP contribution in [0.25, 0.3) is 10.8 Å². The van der Waals surface area contributed by atoms with Crippen LogP contribution in [0.4, 0.5) is 5.69 Å². The smallest absolute Gasteiger partial charge is 0.310 e. The first kappa shape index (κ1) is 18.6. The maximum atomic E-state index is 12.1. The SMILES string of the molecule is CC(C)c1ccccc1NC(=O)COC(=O)Cc1ccc2ccccc2c1. The van der Waals surface area contributed by atoms with Gasteiger partial charge in [0.25, 0.3) is 5.91 Å². The van der Waals surface area contributed by atoms with Crippen molar-refractivity contribution in [2.45, 2.75) is 26.2 Å². The van der Waals surface area contributed by atoms with Gasteiger partial charge in [0, 0.05) is 5.69 Å². The summed E-state index contributed by atoms with van der Waals surface area (Å²) < 4.78 is 5.14. The number of amides is 1. The summed E-state index contributed by atoms with van der Waals surface area (Å²) in [7, 11) is 0. The zero-order valence-corrected chi connectivity index (χ0v) is 15.6. The lowest BCUT2D eigenvalue weighted by atomic mass is 10.0. The molecule has 1 amide bonds. The Morgan fingerprint density at radius 1 is 0.926 bits per heavy atom. The van der Waals surface area contributed by atoms with Crippen LogP contribution in [0.5, 0.6) is 0 Å². The highest BCUT2D eigenvalue weighted by molar-refractivity contribution is 5.93. The Morgan fingerprint density at radius 2 is 1.63 bits per heavy atom. The van der Waals surface area contributed by atoms with Gasteiger partial charge in [0.15, 0.2) is 6.61 Å². The molecule has 0 saturated carbocycles. The van der Waals surface area contributed by atoms with E-state index < -0.39 is 5.97 Å². The first-order valence-electron chi connectivity index (χ1n) is 9.05. The van der Waals surface area contributed by atoms with Crippen LogP contribution in [0.2, 0.25) is 0 Å². The molecule has 0 aromatic heterocycles. The molecule has 1 N–H and O–H groups in total. The molecule has 0 radical (unpaired) electrons. The summed E-state index contributed by atoms with van der Waals surface area (Å²) in [5.74, 6) is -0.468. The third-order valence-corrected chi connectivity index (χ3v) is 4.38. The van der Waals surface area contributed by atoms with Crippen molar-refractivity contribution in [3.05, 3.63) is 77.9 Å². The van der Waals surface area contributed by atoms with E-state index in [2.05, 4.69) is 19.2 Å². The Labute approximate surface area is 159 Å². The maximum absolute atomic E-state index is 12.1. The normalized spacial score (nSPS) is 10.8. The van der Waals surface area contributed by atoms with Crippen LogP contribution >= 0.6 is 0 Å². The van der Waals surface area contributed by atoms with E-state index in [9.17, 15) is 9.59 Å². The van der Waals surface area contributed by atoms with Crippen molar-refractivity contribution in [3.8, 4) is 0 Å². The van der Waals surface area contributed by atoms with Gasteiger partial charge in [0.2, 0.25) is 0 Å². The molecular weight excluding hydrogens is 338 g/mol. The van der Waals surface area contributed by atoms with Gasteiger partial charge in [0.05, 0.1) is 6.42 Å². The second-order valence-corrected chi connectivity index (χ2v) is 6.81. The Morgan fingerprint density at radius 3 is 2.41 bits per heavy atom. The molecule has 0 spiro atoms. The number of rotatable bonds is 6. The van der Waals surface area contributed by atoms with E-state index in [0.29, 0.717) is 0 Å². The van der Waals surface area contributed by atoms with Crippen molar-refractivity contribution in [2.75, 3.05) is 11.9 Å². The van der Waals surface area contributed by atoms with Crippen LogP contribution in [0.3, 0.4) is 0 Å². The fourth-order valence-electron chi connectivity index (χ4n) is 3.01. The van der Waals surface area contributed by atoms with Crippen molar-refractivity contribution in [2.24, 2.45) is 0 Å². The van der Waals surface area contributed by atoms with E-state index in [1.807, 2.05) is 66.7 Å². The molecule has 0 atom stereocenters. The molecule has 0 fully saturated rings. The third-order valence-electron chi connectivity index (χ3n) is 4.38. The minimum Gasteiger partial charge on any atom is -0.455 e. The molecule has 0 bridgehead atoms. The number of ether oxygens (including phenoxy) is 1. The number of carbonyl (C=O) groups is 2.